The van der Waals surface area contributed by atoms with Crippen LogP contribution in [0.1, 0.15) is 0 Å². The monoisotopic (exact) mass is 569 g/mol. The van der Waals surface area contributed by atoms with Gasteiger partial charge in [0, 0.05) is 33.1 Å². The summed E-state index contributed by atoms with van der Waals surface area (Å²) in [5, 5.41) is 16.2. The average Bonchev–Trinajstić information content (AvgIpc) is 3.40. The minimum absolute atomic E-state index is 0.111. The maximum absolute atomic E-state index is 12.6. The van der Waals surface area contributed by atoms with Crippen molar-refractivity contribution in [1.82, 2.24) is 19.7 Å². The summed E-state index contributed by atoms with van der Waals surface area (Å²) in [7, 11) is 0. The Bertz CT molecular complexity index is 1370. The van der Waals surface area contributed by atoms with Gasteiger partial charge in [-0.05, 0) is 36.4 Å². The molecule has 0 saturated carbocycles. The van der Waals surface area contributed by atoms with E-state index in [1.165, 1.54) is 23.1 Å². The first-order valence-electron chi connectivity index (χ1n) is 9.69. The number of hydrogen-bond acceptors (Lipinski definition) is 6. The number of aromatic nitrogens is 4. The lowest BCUT2D eigenvalue weighted by Gasteiger charge is -2.09. The Morgan fingerprint density at radius 1 is 1.06 bits per heavy atom. The fraction of sp³-hybridized carbons (Fsp3) is 0.0909. The largest absolute Gasteiger partial charge is 0.301 e. The molecule has 2 aromatic carbocycles. The first-order valence-corrected chi connectivity index (χ1v) is 13.1. The number of carbonyl (C=O) groups is 1. The summed E-state index contributed by atoms with van der Waals surface area (Å²) in [5.41, 5.74) is 2.08. The molecule has 0 spiro atoms. The quantitative estimate of drug-likeness (QED) is 0.174. The van der Waals surface area contributed by atoms with Crippen molar-refractivity contribution in [3.05, 3.63) is 74.5 Å². The normalized spacial score (nSPS) is 10.9. The van der Waals surface area contributed by atoms with Gasteiger partial charge in [0.1, 0.15) is 0 Å². The van der Waals surface area contributed by atoms with Gasteiger partial charge in [-0.25, -0.2) is 4.98 Å². The summed E-state index contributed by atoms with van der Waals surface area (Å²) in [6.45, 7) is 4.24. The lowest BCUT2D eigenvalue weighted by molar-refractivity contribution is -0.113. The van der Waals surface area contributed by atoms with Crippen molar-refractivity contribution < 1.29 is 4.79 Å². The van der Waals surface area contributed by atoms with Gasteiger partial charge >= 0.3 is 0 Å². The molecule has 4 aromatic rings. The molecule has 0 radical (unpaired) electrons. The van der Waals surface area contributed by atoms with Crippen LogP contribution >= 0.6 is 69.5 Å². The molecule has 1 amide bonds. The Morgan fingerprint density at radius 2 is 1.74 bits per heavy atom. The zero-order valence-corrected chi connectivity index (χ0v) is 21.9. The summed E-state index contributed by atoms with van der Waals surface area (Å²) in [4.78, 5) is 17.0. The van der Waals surface area contributed by atoms with E-state index in [0.717, 1.165) is 5.56 Å². The Labute approximate surface area is 223 Å². The van der Waals surface area contributed by atoms with Crippen molar-refractivity contribution in [2.45, 2.75) is 11.7 Å². The molecule has 174 valence electrons. The van der Waals surface area contributed by atoms with Crippen molar-refractivity contribution in [2.75, 3.05) is 11.1 Å². The van der Waals surface area contributed by atoms with Gasteiger partial charge in [-0.2, -0.15) is 0 Å². The number of thiazole rings is 1. The van der Waals surface area contributed by atoms with Gasteiger partial charge in [0.05, 0.1) is 21.5 Å². The third kappa shape index (κ3) is 5.76. The van der Waals surface area contributed by atoms with Gasteiger partial charge in [-0.1, -0.05) is 64.2 Å². The standard InChI is InChI=1S/C22H15Cl4N5OS2/c1-2-7-31-20(15-6-4-13(24)9-17(15)26)29-30-22(31)34-11-19(32)28-21-27-18(10-33-21)14-5-3-12(23)8-16(14)25/h2-6,8-10H,1,7,11H2,(H,27,28,32). The number of hydrogen-bond donors (Lipinski definition) is 1. The maximum atomic E-state index is 12.6. The minimum Gasteiger partial charge on any atom is -0.301 e. The van der Waals surface area contributed by atoms with Crippen molar-refractivity contribution >= 4 is 80.5 Å². The summed E-state index contributed by atoms with van der Waals surface area (Å²) >= 11 is 27.1. The summed E-state index contributed by atoms with van der Waals surface area (Å²) in [5.74, 6) is 0.446. The summed E-state index contributed by atoms with van der Waals surface area (Å²) in [6, 6.07) is 10.3. The van der Waals surface area contributed by atoms with Crippen molar-refractivity contribution in [3.8, 4) is 22.6 Å². The number of thioether (sulfide) groups is 1. The maximum Gasteiger partial charge on any atom is 0.236 e. The number of nitrogens with one attached hydrogen (secondary N) is 1. The van der Waals surface area contributed by atoms with Crippen LogP contribution in [-0.2, 0) is 11.3 Å². The van der Waals surface area contributed by atoms with Gasteiger partial charge < -0.3 is 5.32 Å². The number of anilines is 1. The second kappa shape index (κ2) is 11.1. The summed E-state index contributed by atoms with van der Waals surface area (Å²) in [6.07, 6.45) is 1.72. The average molecular weight is 571 g/mol. The van der Waals surface area contributed by atoms with E-state index in [4.69, 9.17) is 46.4 Å². The Morgan fingerprint density at radius 3 is 2.38 bits per heavy atom. The molecule has 2 heterocycles. The topological polar surface area (TPSA) is 72.7 Å². The van der Waals surface area contributed by atoms with Crippen LogP contribution in [0.3, 0.4) is 0 Å². The van der Waals surface area contributed by atoms with Gasteiger partial charge in [-0.3, -0.25) is 9.36 Å². The minimum atomic E-state index is -0.229. The van der Waals surface area contributed by atoms with Crippen molar-refractivity contribution in [2.24, 2.45) is 0 Å². The van der Waals surface area contributed by atoms with Gasteiger partial charge in [0.2, 0.25) is 5.91 Å². The number of rotatable bonds is 8. The highest BCUT2D eigenvalue weighted by atomic mass is 35.5. The molecule has 0 aliphatic carbocycles. The molecule has 0 atom stereocenters. The highest BCUT2D eigenvalue weighted by Crippen LogP contribution is 2.33. The first-order chi connectivity index (χ1) is 16.4. The van der Waals surface area contributed by atoms with Gasteiger partial charge in [-0.15, -0.1) is 28.1 Å². The number of nitrogens with zero attached hydrogens (tertiary/aromatic N) is 4. The lowest BCUT2D eigenvalue weighted by Crippen LogP contribution is -2.14. The van der Waals surface area contributed by atoms with E-state index < -0.39 is 0 Å². The molecule has 0 aliphatic rings. The SMILES string of the molecule is C=CCn1c(SCC(=O)Nc2nc(-c3ccc(Cl)cc3Cl)cs2)nnc1-c1ccc(Cl)cc1Cl. The molecule has 6 nitrogen and oxygen atoms in total. The van der Waals surface area contributed by atoms with Crippen molar-refractivity contribution in [1.29, 1.82) is 0 Å². The van der Waals surface area contributed by atoms with Crippen LogP contribution in [0.15, 0.2) is 59.6 Å². The molecular weight excluding hydrogens is 556 g/mol. The van der Waals surface area contributed by atoms with Crippen LogP contribution in [0.2, 0.25) is 20.1 Å². The van der Waals surface area contributed by atoms with Crippen LogP contribution in [0.5, 0.6) is 0 Å². The molecule has 0 bridgehead atoms. The van der Waals surface area contributed by atoms with Crippen molar-refractivity contribution in [3.63, 3.8) is 0 Å². The van der Waals surface area contributed by atoms with Crippen LogP contribution < -0.4 is 5.32 Å². The van der Waals surface area contributed by atoms with E-state index >= 15 is 0 Å². The fourth-order valence-corrected chi connectivity index (χ4v) is 5.47. The van der Waals surface area contributed by atoms with E-state index in [0.29, 0.717) is 54.0 Å². The third-order valence-electron chi connectivity index (χ3n) is 4.49. The second-order valence-electron chi connectivity index (χ2n) is 6.83. The van der Waals surface area contributed by atoms with Gasteiger partial charge in [0.25, 0.3) is 0 Å². The molecule has 0 saturated heterocycles. The summed E-state index contributed by atoms with van der Waals surface area (Å²) < 4.78 is 1.84. The number of allylic oxidation sites excluding steroid dienone is 1. The lowest BCUT2D eigenvalue weighted by atomic mass is 10.2. The molecule has 12 heteroatoms. The van der Waals surface area contributed by atoms with E-state index in [2.05, 4.69) is 27.1 Å². The fourth-order valence-electron chi connectivity index (χ4n) is 3.00. The third-order valence-corrected chi connectivity index (χ3v) is 7.31. The number of halogens is 4. The predicted octanol–water partition coefficient (Wildman–Crippen LogP) is 7.60. The Balaban J connectivity index is 1.45. The molecular formula is C22H15Cl4N5OS2. The number of carbonyl (C=O) groups excluding carboxylic acids is 1. The van der Waals surface area contributed by atoms with E-state index in [-0.39, 0.29) is 11.7 Å². The van der Waals surface area contributed by atoms with Crippen LogP contribution in [0.4, 0.5) is 5.13 Å². The van der Waals surface area contributed by atoms with Crippen LogP contribution in [0, 0.1) is 0 Å². The molecule has 0 aliphatic heterocycles. The molecule has 0 unspecified atom stereocenters. The molecule has 4 rings (SSSR count). The van der Waals surface area contributed by atoms with E-state index in [9.17, 15) is 4.79 Å². The second-order valence-corrected chi connectivity index (χ2v) is 10.3. The number of amides is 1. The highest BCUT2D eigenvalue weighted by Gasteiger charge is 2.18. The molecule has 0 fully saturated rings. The molecule has 2 aromatic heterocycles. The predicted molar refractivity (Wildman–Crippen MR) is 143 cm³/mol. The zero-order chi connectivity index (χ0) is 24.2. The van der Waals surface area contributed by atoms with E-state index in [1.54, 1.807) is 42.5 Å². The Kier molecular flexibility index (Phi) is 8.18. The highest BCUT2D eigenvalue weighted by molar-refractivity contribution is 7.99. The number of benzene rings is 2. The van der Waals surface area contributed by atoms with E-state index in [1.807, 2.05) is 9.95 Å². The van der Waals surface area contributed by atoms with Crippen LogP contribution in [-0.4, -0.2) is 31.4 Å². The Hall–Kier alpha value is -2.07. The molecule has 34 heavy (non-hydrogen) atoms. The van der Waals surface area contributed by atoms with Gasteiger partial charge in [0.15, 0.2) is 16.1 Å². The smallest absolute Gasteiger partial charge is 0.236 e. The molecule has 1 N–H and O–H groups in total. The van der Waals surface area contributed by atoms with Crippen LogP contribution in [0.25, 0.3) is 22.6 Å². The zero-order valence-electron chi connectivity index (χ0n) is 17.3. The first kappa shape index (κ1) is 25.0.